The summed E-state index contributed by atoms with van der Waals surface area (Å²) in [7, 11) is 0. The molecule has 0 saturated heterocycles. The Labute approximate surface area is 181 Å². The minimum atomic E-state index is -1.33. The maximum atomic E-state index is 12.3. The van der Waals surface area contributed by atoms with Gasteiger partial charge in [0.15, 0.2) is 0 Å². The molecule has 1 saturated carbocycles. The van der Waals surface area contributed by atoms with Crippen molar-refractivity contribution in [2.75, 3.05) is 6.54 Å². The summed E-state index contributed by atoms with van der Waals surface area (Å²) in [5.74, 6) is -3.04. The highest BCUT2D eigenvalue weighted by Crippen LogP contribution is 2.28. The van der Waals surface area contributed by atoms with Crippen molar-refractivity contribution in [1.29, 1.82) is 0 Å². The maximum Gasteiger partial charge on any atom is 0.408 e. The molecule has 1 aliphatic rings. The van der Waals surface area contributed by atoms with Crippen LogP contribution in [-0.2, 0) is 23.9 Å². The third-order valence-electron chi connectivity index (χ3n) is 4.93. The first kappa shape index (κ1) is 26.2. The Morgan fingerprint density at radius 2 is 1.65 bits per heavy atom. The number of carbonyl (C=O) groups is 5. The Hall–Kier alpha value is -2.85. The van der Waals surface area contributed by atoms with Crippen LogP contribution >= 0.6 is 0 Å². The van der Waals surface area contributed by atoms with Gasteiger partial charge in [-0.3, -0.25) is 14.4 Å². The number of ether oxygens (including phenoxy) is 1. The zero-order chi connectivity index (χ0) is 23.8. The minimum absolute atomic E-state index is 0.169. The molecule has 0 aromatic heterocycles. The number of carboxylic acid groups (broad SMARTS) is 1. The fourth-order valence-corrected chi connectivity index (χ4v) is 3.27. The third-order valence-corrected chi connectivity index (χ3v) is 4.93. The standard InChI is InChI=1S/C20H34N4O7/c1-11(23-19(30)31-20(2,3)4)16(26)22-10-12-5-7-13(8-6-12)17(27)24-14(18(28)29)9-15(21)25/h11-14H,5-10H2,1-4H3,(H2,21,25)(H,22,26)(H,23,30)(H,24,27)(H,28,29). The number of carboxylic acids is 1. The maximum absolute atomic E-state index is 12.3. The zero-order valence-electron chi connectivity index (χ0n) is 18.5. The van der Waals surface area contributed by atoms with Gasteiger partial charge in [0, 0.05) is 12.5 Å². The van der Waals surface area contributed by atoms with Crippen molar-refractivity contribution in [3.8, 4) is 0 Å². The average molecular weight is 443 g/mol. The van der Waals surface area contributed by atoms with Crippen molar-refractivity contribution in [1.82, 2.24) is 16.0 Å². The summed E-state index contributed by atoms with van der Waals surface area (Å²) in [6.07, 6.45) is 1.32. The molecule has 1 rings (SSSR count). The summed E-state index contributed by atoms with van der Waals surface area (Å²) in [5, 5.41) is 16.7. The van der Waals surface area contributed by atoms with Crippen molar-refractivity contribution in [3.63, 3.8) is 0 Å². The number of primary amides is 1. The molecule has 0 spiro atoms. The topological polar surface area (TPSA) is 177 Å². The summed E-state index contributed by atoms with van der Waals surface area (Å²) in [6, 6.07) is -2.09. The van der Waals surface area contributed by atoms with Crippen molar-refractivity contribution in [2.45, 2.75) is 77.5 Å². The molecular formula is C20H34N4O7. The van der Waals surface area contributed by atoms with Gasteiger partial charge in [-0.2, -0.15) is 0 Å². The molecule has 4 amide bonds. The predicted molar refractivity (Wildman–Crippen MR) is 111 cm³/mol. The SMILES string of the molecule is CC(NC(=O)OC(C)(C)C)C(=O)NCC1CCC(C(=O)NC(CC(N)=O)C(=O)O)CC1. The molecule has 0 aromatic carbocycles. The van der Waals surface area contributed by atoms with Gasteiger partial charge in [-0.05, 0) is 59.3 Å². The van der Waals surface area contributed by atoms with Crippen molar-refractivity contribution < 1.29 is 33.8 Å². The molecule has 0 aromatic rings. The molecule has 2 unspecified atom stereocenters. The van der Waals surface area contributed by atoms with Gasteiger partial charge in [-0.25, -0.2) is 9.59 Å². The normalized spacial score (nSPS) is 20.6. The number of hydrogen-bond donors (Lipinski definition) is 5. The fourth-order valence-electron chi connectivity index (χ4n) is 3.27. The van der Waals surface area contributed by atoms with Gasteiger partial charge in [0.25, 0.3) is 0 Å². The Bertz CT molecular complexity index is 682. The van der Waals surface area contributed by atoms with Crippen LogP contribution in [0.4, 0.5) is 4.79 Å². The number of alkyl carbamates (subject to hydrolysis) is 1. The quantitative estimate of drug-likeness (QED) is 0.340. The lowest BCUT2D eigenvalue weighted by Gasteiger charge is -2.29. The predicted octanol–water partition coefficient (Wildman–Crippen LogP) is 0.267. The molecule has 6 N–H and O–H groups in total. The van der Waals surface area contributed by atoms with E-state index in [-0.39, 0.29) is 17.7 Å². The van der Waals surface area contributed by atoms with E-state index in [0.717, 1.165) is 0 Å². The number of nitrogens with two attached hydrogens (primary N) is 1. The van der Waals surface area contributed by atoms with Crippen LogP contribution in [0.1, 0.15) is 59.8 Å². The van der Waals surface area contributed by atoms with Gasteiger partial charge in [0.05, 0.1) is 6.42 Å². The number of aliphatic carboxylic acids is 1. The van der Waals surface area contributed by atoms with Gasteiger partial charge >= 0.3 is 12.1 Å². The summed E-state index contributed by atoms with van der Waals surface area (Å²) in [5.41, 5.74) is 4.36. The largest absolute Gasteiger partial charge is 0.480 e. The lowest BCUT2D eigenvalue weighted by atomic mass is 9.81. The molecule has 2 atom stereocenters. The lowest BCUT2D eigenvalue weighted by Crippen LogP contribution is -2.48. The summed E-state index contributed by atoms with van der Waals surface area (Å²) in [6.45, 7) is 7.16. The Balaban J connectivity index is 2.38. The molecule has 0 radical (unpaired) electrons. The van der Waals surface area contributed by atoms with Crippen LogP contribution < -0.4 is 21.7 Å². The minimum Gasteiger partial charge on any atom is -0.480 e. The Morgan fingerprint density at radius 1 is 1.06 bits per heavy atom. The van der Waals surface area contributed by atoms with Crippen LogP contribution in [0.2, 0.25) is 0 Å². The number of amides is 4. The highest BCUT2D eigenvalue weighted by Gasteiger charge is 2.30. The number of hydrogen-bond acceptors (Lipinski definition) is 6. The molecule has 1 fully saturated rings. The Morgan fingerprint density at radius 3 is 2.13 bits per heavy atom. The van der Waals surface area contributed by atoms with E-state index in [1.54, 1.807) is 27.7 Å². The molecule has 0 bridgehead atoms. The molecule has 176 valence electrons. The first-order valence-electron chi connectivity index (χ1n) is 10.4. The monoisotopic (exact) mass is 442 g/mol. The zero-order valence-corrected chi connectivity index (χ0v) is 18.5. The highest BCUT2D eigenvalue weighted by molar-refractivity contribution is 5.89. The van der Waals surface area contributed by atoms with Crippen molar-refractivity contribution in [2.24, 2.45) is 17.6 Å². The fraction of sp³-hybridized carbons (Fsp3) is 0.750. The van der Waals surface area contributed by atoms with Crippen LogP contribution in [0.25, 0.3) is 0 Å². The van der Waals surface area contributed by atoms with Gasteiger partial charge in [0.2, 0.25) is 17.7 Å². The van der Waals surface area contributed by atoms with Crippen LogP contribution in [0.15, 0.2) is 0 Å². The van der Waals surface area contributed by atoms with Gasteiger partial charge in [-0.15, -0.1) is 0 Å². The molecule has 11 heteroatoms. The second-order valence-corrected chi connectivity index (χ2v) is 8.90. The first-order valence-corrected chi connectivity index (χ1v) is 10.4. The Kier molecular flexibility index (Phi) is 9.73. The number of nitrogens with one attached hydrogen (secondary N) is 3. The van der Waals surface area contributed by atoms with Crippen molar-refractivity contribution in [3.05, 3.63) is 0 Å². The second-order valence-electron chi connectivity index (χ2n) is 8.90. The van der Waals surface area contributed by atoms with Gasteiger partial charge in [0.1, 0.15) is 17.7 Å². The van der Waals surface area contributed by atoms with Gasteiger partial charge < -0.3 is 31.5 Å². The van der Waals surface area contributed by atoms with Crippen LogP contribution in [0, 0.1) is 11.8 Å². The van der Waals surface area contributed by atoms with Gasteiger partial charge in [-0.1, -0.05) is 0 Å². The number of carbonyl (C=O) groups excluding carboxylic acids is 4. The molecular weight excluding hydrogens is 408 g/mol. The smallest absolute Gasteiger partial charge is 0.408 e. The van der Waals surface area contributed by atoms with E-state index in [1.165, 1.54) is 0 Å². The molecule has 31 heavy (non-hydrogen) atoms. The average Bonchev–Trinajstić information content (AvgIpc) is 2.63. The van der Waals surface area contributed by atoms with Crippen LogP contribution in [0.5, 0.6) is 0 Å². The van der Waals surface area contributed by atoms with E-state index in [1.807, 2.05) is 0 Å². The van der Waals surface area contributed by atoms with E-state index in [0.29, 0.717) is 32.2 Å². The lowest BCUT2D eigenvalue weighted by molar-refractivity contribution is -0.144. The van der Waals surface area contributed by atoms with Crippen LogP contribution in [-0.4, -0.2) is 59.1 Å². The summed E-state index contributed by atoms with van der Waals surface area (Å²) < 4.78 is 5.12. The third kappa shape index (κ3) is 10.1. The second kappa shape index (κ2) is 11.5. The van der Waals surface area contributed by atoms with E-state index in [4.69, 9.17) is 15.6 Å². The van der Waals surface area contributed by atoms with E-state index < -0.39 is 48.0 Å². The molecule has 11 nitrogen and oxygen atoms in total. The summed E-state index contributed by atoms with van der Waals surface area (Å²) >= 11 is 0. The number of rotatable bonds is 9. The molecule has 0 heterocycles. The summed E-state index contributed by atoms with van der Waals surface area (Å²) in [4.78, 5) is 58.3. The molecule has 1 aliphatic carbocycles. The van der Waals surface area contributed by atoms with E-state index in [9.17, 15) is 24.0 Å². The molecule has 0 aliphatic heterocycles. The van der Waals surface area contributed by atoms with E-state index >= 15 is 0 Å². The van der Waals surface area contributed by atoms with Crippen molar-refractivity contribution >= 4 is 29.8 Å². The van der Waals surface area contributed by atoms with E-state index in [2.05, 4.69) is 16.0 Å². The highest BCUT2D eigenvalue weighted by atomic mass is 16.6. The van der Waals surface area contributed by atoms with Crippen LogP contribution in [0.3, 0.4) is 0 Å². The first-order chi connectivity index (χ1) is 14.3.